The number of rotatable bonds is 39. The second kappa shape index (κ2) is 41.2. The van der Waals surface area contributed by atoms with E-state index >= 15 is 0 Å². The zero-order chi connectivity index (χ0) is 51.0. The molecule has 7 N–H and O–H groups in total. The van der Waals surface area contributed by atoms with Crippen molar-refractivity contribution in [3.05, 3.63) is 85.1 Å². The molecular formula is C55H90O15. The minimum Gasteiger partial charge on any atom is -0.462 e. The molecule has 0 aromatic rings. The van der Waals surface area contributed by atoms with Gasteiger partial charge in [0.15, 0.2) is 18.7 Å². The van der Waals surface area contributed by atoms with Crippen LogP contribution < -0.4 is 0 Å². The monoisotopic (exact) mass is 991 g/mol. The lowest BCUT2D eigenvalue weighted by molar-refractivity contribution is -0.332. The highest BCUT2D eigenvalue weighted by Crippen LogP contribution is 2.26. The molecule has 0 bridgehead atoms. The fourth-order valence-electron chi connectivity index (χ4n) is 7.51. The molecule has 2 aliphatic rings. The van der Waals surface area contributed by atoms with Crippen molar-refractivity contribution in [3.63, 3.8) is 0 Å². The Morgan fingerprint density at radius 1 is 0.457 bits per heavy atom. The normalized spacial score (nSPS) is 26.1. The molecule has 2 aliphatic heterocycles. The zero-order valence-corrected chi connectivity index (χ0v) is 42.2. The standard InChI is InChI=1S/C55H90O15/c1-3-5-7-9-11-13-15-17-19-21-23-25-27-29-31-33-35-37-46(57)65-40-43(68-47(58)38-36-34-32-30-28-26-24-22-20-18-16-14-12-10-8-6-4-2)41-66-54-53(64)51(62)49(60)45(70-54)42-67-55-52(63)50(61)48(59)44(39-56)69-55/h8,10-11,13-14,16-17,19-20,22-23,25-26,28,43-45,48-56,59-64H,3-7,9,12,15,18,21,24,27,29-42H2,1-2H3/b10-8+,13-11+,16-14+,19-17+,22-20+,25-23+,28-26+/t43-,44+,45+,48-,49-,50?,51?,52?,53?,54+,55+/m0/s1. The van der Waals surface area contributed by atoms with Crippen molar-refractivity contribution in [2.24, 2.45) is 0 Å². The van der Waals surface area contributed by atoms with Gasteiger partial charge in [-0.2, -0.15) is 0 Å². The highest BCUT2D eigenvalue weighted by atomic mass is 16.7. The molecule has 15 nitrogen and oxygen atoms in total. The van der Waals surface area contributed by atoms with Crippen LogP contribution in [0.3, 0.4) is 0 Å². The highest BCUT2D eigenvalue weighted by molar-refractivity contribution is 5.70. The molecule has 0 radical (unpaired) electrons. The lowest BCUT2D eigenvalue weighted by Crippen LogP contribution is -2.61. The zero-order valence-electron chi connectivity index (χ0n) is 42.2. The van der Waals surface area contributed by atoms with E-state index in [2.05, 4.69) is 98.9 Å². The van der Waals surface area contributed by atoms with Crippen LogP contribution in [0.2, 0.25) is 0 Å². The summed E-state index contributed by atoms with van der Waals surface area (Å²) < 4.78 is 33.5. The second-order valence-electron chi connectivity index (χ2n) is 18.0. The number of ether oxygens (including phenoxy) is 6. The van der Waals surface area contributed by atoms with Crippen LogP contribution >= 0.6 is 0 Å². The maximum absolute atomic E-state index is 13.0. The van der Waals surface area contributed by atoms with Gasteiger partial charge >= 0.3 is 11.9 Å². The summed E-state index contributed by atoms with van der Waals surface area (Å²) in [5, 5.41) is 72.1. The van der Waals surface area contributed by atoms with Crippen LogP contribution in [0.5, 0.6) is 0 Å². The molecular weight excluding hydrogens is 901 g/mol. The molecule has 0 aliphatic carbocycles. The Morgan fingerprint density at radius 2 is 0.886 bits per heavy atom. The predicted molar refractivity (Wildman–Crippen MR) is 270 cm³/mol. The molecule has 11 atom stereocenters. The van der Waals surface area contributed by atoms with Gasteiger partial charge in [-0.05, 0) is 89.9 Å². The molecule has 0 spiro atoms. The molecule has 15 heteroatoms. The van der Waals surface area contributed by atoms with Crippen LogP contribution in [0.15, 0.2) is 85.1 Å². The number of hydrogen-bond donors (Lipinski definition) is 7. The van der Waals surface area contributed by atoms with Gasteiger partial charge in [-0.25, -0.2) is 0 Å². The summed E-state index contributed by atoms with van der Waals surface area (Å²) in [5.74, 6) is -0.995. The van der Waals surface area contributed by atoms with Gasteiger partial charge in [-0.3, -0.25) is 9.59 Å². The molecule has 2 heterocycles. The van der Waals surface area contributed by atoms with Crippen molar-refractivity contribution in [2.75, 3.05) is 26.4 Å². The van der Waals surface area contributed by atoms with E-state index in [-0.39, 0.29) is 19.4 Å². The van der Waals surface area contributed by atoms with Crippen molar-refractivity contribution in [1.82, 2.24) is 0 Å². The van der Waals surface area contributed by atoms with E-state index in [1.807, 2.05) is 0 Å². The fraction of sp³-hybridized carbons (Fsp3) is 0.709. The third-order valence-electron chi connectivity index (χ3n) is 11.8. The van der Waals surface area contributed by atoms with E-state index in [9.17, 15) is 45.3 Å². The lowest BCUT2D eigenvalue weighted by Gasteiger charge is -2.42. The number of esters is 2. The predicted octanol–water partition coefficient (Wildman–Crippen LogP) is 7.60. The molecule has 0 saturated carbocycles. The van der Waals surface area contributed by atoms with E-state index in [1.165, 1.54) is 25.7 Å². The van der Waals surface area contributed by atoms with E-state index in [0.29, 0.717) is 12.8 Å². The first kappa shape index (κ1) is 62.8. The van der Waals surface area contributed by atoms with Crippen LogP contribution in [0, 0.1) is 0 Å². The van der Waals surface area contributed by atoms with Crippen LogP contribution in [0.1, 0.15) is 155 Å². The lowest BCUT2D eigenvalue weighted by atomic mass is 9.98. The molecule has 70 heavy (non-hydrogen) atoms. The average Bonchev–Trinajstić information content (AvgIpc) is 3.35. The first-order valence-electron chi connectivity index (χ1n) is 26.2. The number of aliphatic hydroxyl groups is 7. The number of allylic oxidation sites excluding steroid dienone is 14. The summed E-state index contributed by atoms with van der Waals surface area (Å²) in [7, 11) is 0. The van der Waals surface area contributed by atoms with Crippen LogP contribution in [0.4, 0.5) is 0 Å². The SMILES string of the molecule is CCC/C=C/C/C=C/C/C=C/C/C=C/CCCCCC(=O)O[C@@H](COC(=O)CCCCCC/C=C/C/C=C/C/C=C/CCCCC)CO[C@@H]1O[C@H](CO[C@@H]2O[C@H](CO)[C@H](O)C(O)C2O)[C@H](O)C(O)C1O. The molecule has 0 aromatic heterocycles. The van der Waals surface area contributed by atoms with Gasteiger partial charge in [0.05, 0.1) is 19.8 Å². The largest absolute Gasteiger partial charge is 0.462 e. The fourth-order valence-corrected chi connectivity index (χ4v) is 7.51. The highest BCUT2D eigenvalue weighted by Gasteiger charge is 2.47. The minimum atomic E-state index is -1.78. The Labute approximate surface area is 418 Å². The Balaban J connectivity index is 1.84. The van der Waals surface area contributed by atoms with Gasteiger partial charge in [-0.1, -0.05) is 137 Å². The molecule has 0 amide bonds. The number of aliphatic hydroxyl groups excluding tert-OH is 7. The van der Waals surface area contributed by atoms with Crippen molar-refractivity contribution < 1.29 is 73.8 Å². The Kier molecular flexibility index (Phi) is 36.9. The van der Waals surface area contributed by atoms with E-state index in [1.54, 1.807) is 0 Å². The third kappa shape index (κ3) is 28.7. The first-order chi connectivity index (χ1) is 34.0. The van der Waals surface area contributed by atoms with Gasteiger partial charge in [0.2, 0.25) is 0 Å². The minimum absolute atomic E-state index is 0.117. The molecule has 2 fully saturated rings. The summed E-state index contributed by atoms with van der Waals surface area (Å²) in [4.78, 5) is 25.8. The molecule has 4 unspecified atom stereocenters. The van der Waals surface area contributed by atoms with Crippen LogP contribution in [-0.4, -0.2) is 142 Å². The van der Waals surface area contributed by atoms with Gasteiger partial charge in [0.1, 0.15) is 55.4 Å². The van der Waals surface area contributed by atoms with Crippen molar-refractivity contribution in [3.8, 4) is 0 Å². The first-order valence-corrected chi connectivity index (χ1v) is 26.2. The van der Waals surface area contributed by atoms with E-state index in [0.717, 1.165) is 89.9 Å². The summed E-state index contributed by atoms with van der Waals surface area (Å²) in [6.45, 7) is 2.42. The van der Waals surface area contributed by atoms with Gasteiger partial charge in [0.25, 0.3) is 0 Å². The smallest absolute Gasteiger partial charge is 0.306 e. The number of carbonyl (C=O) groups is 2. The topological polar surface area (TPSA) is 231 Å². The van der Waals surface area contributed by atoms with Crippen LogP contribution in [0.25, 0.3) is 0 Å². The van der Waals surface area contributed by atoms with E-state index in [4.69, 9.17) is 28.4 Å². The molecule has 2 rings (SSSR count). The summed E-state index contributed by atoms with van der Waals surface area (Å²) in [5.41, 5.74) is 0. The average molecular weight is 991 g/mol. The molecule has 400 valence electrons. The van der Waals surface area contributed by atoms with Crippen LogP contribution in [-0.2, 0) is 38.0 Å². The quantitative estimate of drug-likeness (QED) is 0.0179. The van der Waals surface area contributed by atoms with Gasteiger partial charge in [-0.15, -0.1) is 0 Å². The van der Waals surface area contributed by atoms with Crippen molar-refractivity contribution >= 4 is 11.9 Å². The second-order valence-corrected chi connectivity index (χ2v) is 18.0. The number of hydrogen-bond acceptors (Lipinski definition) is 15. The van der Waals surface area contributed by atoms with Crippen molar-refractivity contribution in [1.29, 1.82) is 0 Å². The van der Waals surface area contributed by atoms with Crippen molar-refractivity contribution in [2.45, 2.75) is 223 Å². The van der Waals surface area contributed by atoms with Gasteiger partial charge < -0.3 is 64.2 Å². The molecule has 2 saturated heterocycles. The summed E-state index contributed by atoms with van der Waals surface area (Å²) in [6.07, 6.45) is 33.2. The number of unbranched alkanes of at least 4 members (excludes halogenated alkanes) is 11. The Hall–Kier alpha value is -3.32. The third-order valence-corrected chi connectivity index (χ3v) is 11.8. The Bertz CT molecular complexity index is 1540. The molecule has 0 aromatic carbocycles. The maximum atomic E-state index is 13.0. The Morgan fingerprint density at radius 3 is 1.40 bits per heavy atom. The summed E-state index contributed by atoms with van der Waals surface area (Å²) >= 11 is 0. The summed E-state index contributed by atoms with van der Waals surface area (Å²) in [6, 6.07) is 0. The maximum Gasteiger partial charge on any atom is 0.306 e. The van der Waals surface area contributed by atoms with E-state index < -0.39 is 99.3 Å². The number of carbonyl (C=O) groups excluding carboxylic acids is 2. The van der Waals surface area contributed by atoms with Gasteiger partial charge in [0, 0.05) is 12.8 Å².